The first kappa shape index (κ1) is 27.2. The number of amides is 2. The maximum Gasteiger partial charge on any atom is 0.455 e. The highest BCUT2D eigenvalue weighted by molar-refractivity contribution is 9.10. The van der Waals surface area contributed by atoms with Crippen molar-refractivity contribution < 1.29 is 22.8 Å². The predicted molar refractivity (Wildman–Crippen MR) is 133 cm³/mol. The van der Waals surface area contributed by atoms with Gasteiger partial charge in [-0.1, -0.05) is 11.6 Å². The molecule has 2 amide bonds. The van der Waals surface area contributed by atoms with Gasteiger partial charge < -0.3 is 10.6 Å². The number of carbonyl (C=O) groups excluding carboxylic acids is 2. The topological polar surface area (TPSA) is 133 Å². The van der Waals surface area contributed by atoms with Crippen LogP contribution in [0.1, 0.15) is 44.9 Å². The van der Waals surface area contributed by atoms with Crippen molar-refractivity contribution in [3.63, 3.8) is 0 Å². The van der Waals surface area contributed by atoms with Crippen LogP contribution in [0.25, 0.3) is 5.82 Å². The molecule has 0 aliphatic heterocycles. The van der Waals surface area contributed by atoms with Crippen LogP contribution in [0.2, 0.25) is 5.02 Å². The van der Waals surface area contributed by atoms with E-state index in [1.165, 1.54) is 23.0 Å². The molecule has 1 aromatic carbocycles. The number of hydrogen-bond acceptors (Lipinski definition) is 7. The largest absolute Gasteiger partial charge is 0.455 e. The molecule has 0 radical (unpaired) electrons. The summed E-state index contributed by atoms with van der Waals surface area (Å²) in [6.45, 7) is 3.47. The van der Waals surface area contributed by atoms with E-state index in [9.17, 15) is 22.8 Å². The molecule has 0 aliphatic carbocycles. The van der Waals surface area contributed by atoms with Crippen LogP contribution in [0.15, 0.2) is 41.0 Å². The number of anilines is 1. The minimum atomic E-state index is -4.76. The average Bonchev–Trinajstić information content (AvgIpc) is 3.49. The number of halogens is 5. The van der Waals surface area contributed by atoms with Crippen LogP contribution in [-0.2, 0) is 12.7 Å². The van der Waals surface area contributed by atoms with Crippen molar-refractivity contribution in [3.8, 4) is 5.82 Å². The van der Waals surface area contributed by atoms with Crippen LogP contribution < -0.4 is 10.6 Å². The fourth-order valence-corrected chi connectivity index (χ4v) is 4.15. The fraction of sp³-hybridized carbons (Fsp3) is 0.227. The van der Waals surface area contributed by atoms with Crippen molar-refractivity contribution in [1.82, 2.24) is 40.3 Å². The number of carbonyl (C=O) groups is 2. The highest BCUT2D eigenvalue weighted by Crippen LogP contribution is 2.28. The zero-order valence-electron chi connectivity index (χ0n) is 19.7. The van der Waals surface area contributed by atoms with Crippen molar-refractivity contribution in [3.05, 3.63) is 74.4 Å². The number of aryl methyl sites for hydroxylation is 1. The average molecular weight is 613 g/mol. The van der Waals surface area contributed by atoms with Gasteiger partial charge in [-0.2, -0.15) is 23.1 Å². The summed E-state index contributed by atoms with van der Waals surface area (Å²) in [4.78, 5) is 31.1. The highest BCUT2D eigenvalue weighted by atomic mass is 79.9. The normalized spacial score (nSPS) is 11.4. The molecule has 0 saturated heterocycles. The van der Waals surface area contributed by atoms with E-state index in [2.05, 4.69) is 52.1 Å². The van der Waals surface area contributed by atoms with Crippen LogP contribution in [0, 0.1) is 6.92 Å². The van der Waals surface area contributed by atoms with Crippen molar-refractivity contribution in [2.45, 2.75) is 26.6 Å². The first-order valence-corrected chi connectivity index (χ1v) is 12.1. The minimum Gasteiger partial charge on any atom is -0.352 e. The van der Waals surface area contributed by atoms with E-state index in [-0.39, 0.29) is 35.0 Å². The molecule has 2 N–H and O–H groups in total. The second-order valence-electron chi connectivity index (χ2n) is 7.84. The Morgan fingerprint density at radius 2 is 1.92 bits per heavy atom. The summed E-state index contributed by atoms with van der Waals surface area (Å²) < 4.78 is 40.4. The number of aromatic nitrogens is 7. The van der Waals surface area contributed by atoms with Gasteiger partial charge in [-0.3, -0.25) is 9.59 Å². The lowest BCUT2D eigenvalue weighted by Gasteiger charge is -2.15. The summed E-state index contributed by atoms with van der Waals surface area (Å²) >= 11 is 9.51. The maximum atomic E-state index is 13.5. The summed E-state index contributed by atoms with van der Waals surface area (Å²) in [5, 5.41) is 19.8. The van der Waals surface area contributed by atoms with Gasteiger partial charge in [0.25, 0.3) is 17.6 Å². The Labute approximate surface area is 226 Å². The van der Waals surface area contributed by atoms with Gasteiger partial charge >= 0.3 is 6.18 Å². The number of nitrogens with zero attached hydrogens (tertiary/aromatic N) is 7. The van der Waals surface area contributed by atoms with E-state index >= 15 is 0 Å². The quantitative estimate of drug-likeness (QED) is 0.322. The van der Waals surface area contributed by atoms with Gasteiger partial charge in [0.05, 0.1) is 21.4 Å². The third-order valence-corrected chi connectivity index (χ3v) is 5.90. The summed E-state index contributed by atoms with van der Waals surface area (Å²) in [6.07, 6.45) is -3.28. The van der Waals surface area contributed by atoms with E-state index in [1.54, 1.807) is 32.0 Å². The first-order valence-electron chi connectivity index (χ1n) is 10.9. The van der Waals surface area contributed by atoms with E-state index in [4.69, 9.17) is 11.6 Å². The van der Waals surface area contributed by atoms with Gasteiger partial charge in [0.2, 0.25) is 0 Å². The van der Waals surface area contributed by atoms with Crippen LogP contribution in [0.4, 0.5) is 18.9 Å². The zero-order chi connectivity index (χ0) is 27.6. The second kappa shape index (κ2) is 10.9. The van der Waals surface area contributed by atoms with Gasteiger partial charge in [-0.15, -0.1) is 10.2 Å². The lowest BCUT2D eigenvalue weighted by Crippen LogP contribution is -2.26. The first-order chi connectivity index (χ1) is 18.0. The molecule has 0 spiro atoms. The third kappa shape index (κ3) is 5.83. The molecular weight excluding hydrogens is 595 g/mol. The van der Waals surface area contributed by atoms with Crippen molar-refractivity contribution in [1.29, 1.82) is 0 Å². The van der Waals surface area contributed by atoms with E-state index in [0.717, 1.165) is 0 Å². The van der Waals surface area contributed by atoms with E-state index < -0.39 is 23.8 Å². The SMILES string of the molecule is CCNC(=O)c1cc(Cl)cc(C)c1NC(=O)c1cc(Cn2nnc(C(F)(F)F)n2)nn1-c1ncccc1Br. The Hall–Kier alpha value is -3.85. The van der Waals surface area contributed by atoms with Gasteiger partial charge in [-0.05, 0) is 70.9 Å². The molecule has 4 rings (SSSR count). The molecule has 0 fully saturated rings. The van der Waals surface area contributed by atoms with Crippen LogP contribution >= 0.6 is 27.5 Å². The van der Waals surface area contributed by atoms with Gasteiger partial charge in [-0.25, -0.2) is 9.67 Å². The molecule has 3 heterocycles. The molecule has 38 heavy (non-hydrogen) atoms. The Morgan fingerprint density at radius 3 is 2.58 bits per heavy atom. The standard InChI is InChI=1S/C22H18BrClF3N9O2/c1-3-28-19(37)14-8-12(24)7-11(2)17(14)30-20(38)16-9-13(10-35-33-21(31-34-35)22(25,26)27)32-36(16)18-15(23)5-4-6-29-18/h4-9H,3,10H2,1-2H3,(H,28,37)(H,30,38). The van der Waals surface area contributed by atoms with Crippen LogP contribution in [0.3, 0.4) is 0 Å². The van der Waals surface area contributed by atoms with Gasteiger partial charge in [0.15, 0.2) is 5.82 Å². The maximum absolute atomic E-state index is 13.5. The lowest BCUT2D eigenvalue weighted by molar-refractivity contribution is -0.145. The number of benzene rings is 1. The lowest BCUT2D eigenvalue weighted by atomic mass is 10.1. The van der Waals surface area contributed by atoms with E-state index in [0.29, 0.717) is 26.4 Å². The number of nitrogens with one attached hydrogen (secondary N) is 2. The van der Waals surface area contributed by atoms with Crippen LogP contribution in [0.5, 0.6) is 0 Å². The smallest absolute Gasteiger partial charge is 0.352 e. The number of rotatable bonds is 7. The monoisotopic (exact) mass is 611 g/mol. The second-order valence-corrected chi connectivity index (χ2v) is 9.13. The molecule has 198 valence electrons. The molecular formula is C22H18BrClF3N9O2. The predicted octanol–water partition coefficient (Wildman–Crippen LogP) is 4.05. The molecule has 0 saturated carbocycles. The summed E-state index contributed by atoms with van der Waals surface area (Å²) in [6, 6.07) is 7.71. The molecule has 11 nitrogen and oxygen atoms in total. The van der Waals surface area contributed by atoms with Crippen molar-refractivity contribution in [2.24, 2.45) is 0 Å². The number of hydrogen-bond donors (Lipinski definition) is 2. The molecule has 0 aliphatic rings. The number of tetrazole rings is 1. The number of pyridine rings is 1. The third-order valence-electron chi connectivity index (χ3n) is 5.06. The fourth-order valence-electron chi connectivity index (χ4n) is 3.45. The Kier molecular flexibility index (Phi) is 7.78. The molecule has 3 aromatic heterocycles. The highest BCUT2D eigenvalue weighted by Gasteiger charge is 2.37. The minimum absolute atomic E-state index is 0.0215. The van der Waals surface area contributed by atoms with Gasteiger partial charge in [0, 0.05) is 17.8 Å². The van der Waals surface area contributed by atoms with Crippen molar-refractivity contribution >= 4 is 45.0 Å². The summed E-state index contributed by atoms with van der Waals surface area (Å²) in [7, 11) is 0. The summed E-state index contributed by atoms with van der Waals surface area (Å²) in [5.41, 5.74) is 1.04. The van der Waals surface area contributed by atoms with Crippen molar-refractivity contribution in [2.75, 3.05) is 11.9 Å². The Balaban J connectivity index is 1.74. The van der Waals surface area contributed by atoms with Crippen LogP contribution in [-0.4, -0.2) is 53.3 Å². The zero-order valence-corrected chi connectivity index (χ0v) is 22.1. The molecule has 4 aromatic rings. The molecule has 0 bridgehead atoms. The number of alkyl halides is 3. The Bertz CT molecular complexity index is 1520. The summed E-state index contributed by atoms with van der Waals surface area (Å²) in [5.74, 6) is -2.27. The molecule has 0 unspecified atom stereocenters. The molecule has 0 atom stereocenters. The van der Waals surface area contributed by atoms with Gasteiger partial charge in [0.1, 0.15) is 12.2 Å². The Morgan fingerprint density at radius 1 is 1.16 bits per heavy atom. The van der Waals surface area contributed by atoms with E-state index in [1.807, 2.05) is 0 Å². The molecule has 16 heteroatoms.